The van der Waals surface area contributed by atoms with E-state index in [9.17, 15) is 5.11 Å². The number of aromatic hydroxyl groups is 1. The van der Waals surface area contributed by atoms with Gasteiger partial charge in [-0.05, 0) is 18.2 Å². The van der Waals surface area contributed by atoms with Gasteiger partial charge in [0.25, 0.3) is 6.29 Å². The van der Waals surface area contributed by atoms with Crippen LogP contribution in [-0.4, -0.2) is 5.11 Å². The highest BCUT2D eigenvalue weighted by Crippen LogP contribution is 2.32. The van der Waals surface area contributed by atoms with Crippen LogP contribution in [0.5, 0.6) is 5.75 Å². The van der Waals surface area contributed by atoms with E-state index in [1.54, 1.807) is 12.1 Å². The van der Waals surface area contributed by atoms with Crippen molar-refractivity contribution in [2.45, 2.75) is 6.29 Å². The van der Waals surface area contributed by atoms with Gasteiger partial charge in [-0.15, -0.1) is 0 Å². The van der Waals surface area contributed by atoms with Crippen LogP contribution in [-0.2, 0) is 9.47 Å². The summed E-state index contributed by atoms with van der Waals surface area (Å²) in [6.07, 6.45) is 2.38. The second-order valence-electron chi connectivity index (χ2n) is 2.58. The third-order valence-electron chi connectivity index (χ3n) is 1.71. The first-order valence-electron chi connectivity index (χ1n) is 3.72. The summed E-state index contributed by atoms with van der Waals surface area (Å²) >= 11 is 3.25. The Morgan fingerprint density at radius 1 is 1.23 bits per heavy atom. The lowest BCUT2D eigenvalue weighted by Gasteiger charge is -2.11. The molecule has 0 aromatic heterocycles. The molecule has 0 saturated heterocycles. The molecule has 0 saturated carbocycles. The van der Waals surface area contributed by atoms with Crippen molar-refractivity contribution in [3.63, 3.8) is 0 Å². The van der Waals surface area contributed by atoms with Gasteiger partial charge >= 0.3 is 0 Å². The predicted octanol–water partition coefficient (Wildman–Crippen LogP) is 2.67. The summed E-state index contributed by atoms with van der Waals surface area (Å²) in [5.74, 6) is 0.156. The average molecular weight is 243 g/mol. The molecule has 68 valence electrons. The summed E-state index contributed by atoms with van der Waals surface area (Å²) in [6.45, 7) is 0. The van der Waals surface area contributed by atoms with Crippen molar-refractivity contribution >= 4 is 15.9 Å². The maximum Gasteiger partial charge on any atom is 0.269 e. The van der Waals surface area contributed by atoms with Crippen LogP contribution in [0, 0.1) is 0 Å². The van der Waals surface area contributed by atoms with Crippen molar-refractivity contribution in [3.8, 4) is 5.75 Å². The fourth-order valence-electron chi connectivity index (χ4n) is 1.10. The van der Waals surface area contributed by atoms with E-state index in [-0.39, 0.29) is 5.75 Å². The largest absolute Gasteiger partial charge is 0.507 e. The highest BCUT2D eigenvalue weighted by Gasteiger charge is 2.18. The number of hydrogen-bond acceptors (Lipinski definition) is 3. The number of phenols is 1. The molecule has 0 aliphatic carbocycles. The average Bonchev–Trinajstić information content (AvgIpc) is 2.56. The van der Waals surface area contributed by atoms with Crippen LogP contribution in [0.25, 0.3) is 0 Å². The third-order valence-corrected chi connectivity index (χ3v) is 2.20. The van der Waals surface area contributed by atoms with E-state index in [1.807, 2.05) is 6.07 Å². The maximum atomic E-state index is 9.53. The Bertz CT molecular complexity index is 341. The number of phenolic OH excluding ortho intramolecular Hbond substituents is 1. The molecule has 0 atom stereocenters. The van der Waals surface area contributed by atoms with Crippen LogP contribution in [0.15, 0.2) is 35.2 Å². The lowest BCUT2D eigenvalue weighted by molar-refractivity contribution is -0.0260. The van der Waals surface area contributed by atoms with E-state index in [0.29, 0.717) is 5.56 Å². The summed E-state index contributed by atoms with van der Waals surface area (Å²) in [7, 11) is 0. The molecule has 1 aromatic carbocycles. The summed E-state index contributed by atoms with van der Waals surface area (Å²) in [6, 6.07) is 5.16. The van der Waals surface area contributed by atoms with Crippen molar-refractivity contribution in [1.29, 1.82) is 0 Å². The van der Waals surface area contributed by atoms with Gasteiger partial charge in [0.1, 0.15) is 18.3 Å². The molecule has 1 aliphatic heterocycles. The minimum atomic E-state index is -0.520. The number of halogens is 1. The molecule has 1 heterocycles. The zero-order valence-corrected chi connectivity index (χ0v) is 8.19. The second kappa shape index (κ2) is 3.30. The lowest BCUT2D eigenvalue weighted by Crippen LogP contribution is -1.97. The first-order chi connectivity index (χ1) is 6.27. The normalized spacial score (nSPS) is 15.5. The first kappa shape index (κ1) is 8.44. The van der Waals surface area contributed by atoms with Crippen molar-refractivity contribution < 1.29 is 14.6 Å². The van der Waals surface area contributed by atoms with Crippen LogP contribution in [0.4, 0.5) is 0 Å². The predicted molar refractivity (Wildman–Crippen MR) is 49.9 cm³/mol. The highest BCUT2D eigenvalue weighted by molar-refractivity contribution is 9.10. The molecular formula is C9H7BrO3. The fourth-order valence-corrected chi connectivity index (χ4v) is 1.45. The monoisotopic (exact) mass is 242 g/mol. The summed E-state index contributed by atoms with van der Waals surface area (Å²) in [5.41, 5.74) is 0.619. The number of rotatable bonds is 1. The van der Waals surface area contributed by atoms with Crippen molar-refractivity contribution in [1.82, 2.24) is 0 Å². The minimum absolute atomic E-state index is 0.156. The third kappa shape index (κ3) is 1.62. The Balaban J connectivity index is 2.30. The Morgan fingerprint density at radius 3 is 2.54 bits per heavy atom. The molecule has 1 N–H and O–H groups in total. The molecule has 0 fully saturated rings. The van der Waals surface area contributed by atoms with E-state index < -0.39 is 6.29 Å². The van der Waals surface area contributed by atoms with E-state index in [4.69, 9.17) is 9.47 Å². The zero-order valence-electron chi connectivity index (χ0n) is 6.61. The first-order valence-corrected chi connectivity index (χ1v) is 4.51. The highest BCUT2D eigenvalue weighted by atomic mass is 79.9. The van der Waals surface area contributed by atoms with Gasteiger partial charge in [-0.1, -0.05) is 15.9 Å². The quantitative estimate of drug-likeness (QED) is 0.823. The Labute approximate surface area is 83.7 Å². The molecule has 0 radical (unpaired) electrons. The maximum absolute atomic E-state index is 9.53. The minimum Gasteiger partial charge on any atom is -0.507 e. The fraction of sp³-hybridized carbons (Fsp3) is 0.111. The van der Waals surface area contributed by atoms with Gasteiger partial charge < -0.3 is 14.6 Å². The van der Waals surface area contributed by atoms with Crippen molar-refractivity contribution in [2.75, 3.05) is 0 Å². The van der Waals surface area contributed by atoms with Crippen LogP contribution in [0.3, 0.4) is 0 Å². The van der Waals surface area contributed by atoms with Crippen molar-refractivity contribution in [3.05, 3.63) is 40.8 Å². The standard InChI is InChI=1S/C9H7BrO3/c10-6-1-2-7(8(11)5-6)9-12-3-4-13-9/h1-5,9,11H. The Kier molecular flexibility index (Phi) is 2.14. The molecule has 1 aromatic rings. The number of hydrogen-bond donors (Lipinski definition) is 1. The van der Waals surface area contributed by atoms with Gasteiger partial charge in [0, 0.05) is 4.47 Å². The molecule has 0 spiro atoms. The molecule has 4 heteroatoms. The van der Waals surface area contributed by atoms with Crippen molar-refractivity contribution in [2.24, 2.45) is 0 Å². The van der Waals surface area contributed by atoms with E-state index in [0.717, 1.165) is 4.47 Å². The lowest BCUT2D eigenvalue weighted by atomic mass is 10.2. The Hall–Kier alpha value is -1.16. The van der Waals surface area contributed by atoms with Gasteiger partial charge in [0.2, 0.25) is 0 Å². The molecule has 0 amide bonds. The van der Waals surface area contributed by atoms with Crippen LogP contribution >= 0.6 is 15.9 Å². The van der Waals surface area contributed by atoms with Gasteiger partial charge in [-0.2, -0.15) is 0 Å². The SMILES string of the molecule is Oc1cc(Br)ccc1C1OC=CO1. The van der Waals surface area contributed by atoms with Crippen LogP contribution < -0.4 is 0 Å². The molecule has 0 bridgehead atoms. The Morgan fingerprint density at radius 2 is 1.92 bits per heavy atom. The number of ether oxygens (including phenoxy) is 2. The molecule has 1 aliphatic rings. The summed E-state index contributed by atoms with van der Waals surface area (Å²) in [4.78, 5) is 0. The second-order valence-corrected chi connectivity index (χ2v) is 3.50. The molecule has 2 rings (SSSR count). The topological polar surface area (TPSA) is 38.7 Å². The molecule has 13 heavy (non-hydrogen) atoms. The van der Waals surface area contributed by atoms with Gasteiger partial charge in [-0.3, -0.25) is 0 Å². The van der Waals surface area contributed by atoms with Crippen LogP contribution in [0.2, 0.25) is 0 Å². The molecule has 3 nitrogen and oxygen atoms in total. The molecular weight excluding hydrogens is 236 g/mol. The summed E-state index contributed by atoms with van der Waals surface area (Å²) < 4.78 is 11.0. The van der Waals surface area contributed by atoms with E-state index >= 15 is 0 Å². The molecule has 0 unspecified atom stereocenters. The van der Waals surface area contributed by atoms with Gasteiger partial charge in [-0.25, -0.2) is 0 Å². The zero-order chi connectivity index (χ0) is 9.26. The smallest absolute Gasteiger partial charge is 0.269 e. The van der Waals surface area contributed by atoms with E-state index in [1.165, 1.54) is 12.5 Å². The van der Waals surface area contributed by atoms with Gasteiger partial charge in [0.05, 0.1) is 5.56 Å². The summed E-state index contributed by atoms with van der Waals surface area (Å²) in [5, 5.41) is 9.53. The number of benzene rings is 1. The van der Waals surface area contributed by atoms with Crippen LogP contribution in [0.1, 0.15) is 11.9 Å². The van der Waals surface area contributed by atoms with Gasteiger partial charge in [0.15, 0.2) is 0 Å². The van der Waals surface area contributed by atoms with E-state index in [2.05, 4.69) is 15.9 Å².